The fraction of sp³-hybridized carbons (Fsp3) is 0.350. The number of carbonyl (C=O) groups excluding carboxylic acids is 2. The first-order chi connectivity index (χ1) is 14.2. The normalized spacial score (nSPS) is 19.7. The van der Waals surface area contributed by atoms with Gasteiger partial charge in [0.15, 0.2) is 0 Å². The summed E-state index contributed by atoms with van der Waals surface area (Å²) in [5.74, 6) is -1.31. The topological polar surface area (TPSA) is 62.7 Å². The predicted octanol–water partition coefficient (Wildman–Crippen LogP) is 3.51. The summed E-state index contributed by atoms with van der Waals surface area (Å²) in [6.45, 7) is 0.594. The third-order valence-electron chi connectivity index (χ3n) is 5.11. The maximum absolute atomic E-state index is 13.0. The lowest BCUT2D eigenvalue weighted by Crippen LogP contribution is -2.58. The summed E-state index contributed by atoms with van der Waals surface area (Å²) in [5.41, 5.74) is -0.231. The Kier molecular flexibility index (Phi) is 5.44. The van der Waals surface area contributed by atoms with E-state index in [1.54, 1.807) is 11.0 Å². The Labute approximate surface area is 178 Å². The van der Waals surface area contributed by atoms with Crippen molar-refractivity contribution in [3.8, 4) is 5.88 Å². The summed E-state index contributed by atoms with van der Waals surface area (Å²) in [6.07, 6.45) is -3.80. The fourth-order valence-electron chi connectivity index (χ4n) is 3.58. The molecule has 2 aliphatic heterocycles. The molecule has 0 aliphatic carbocycles. The molecule has 0 saturated carbocycles. The number of amides is 2. The van der Waals surface area contributed by atoms with Crippen LogP contribution in [0.25, 0.3) is 0 Å². The second-order valence-corrected chi connectivity index (χ2v) is 8.14. The van der Waals surface area contributed by atoms with E-state index in [0.717, 1.165) is 10.5 Å². The highest BCUT2D eigenvalue weighted by Crippen LogP contribution is 2.36. The van der Waals surface area contributed by atoms with Gasteiger partial charge in [0.25, 0.3) is 0 Å². The van der Waals surface area contributed by atoms with Crippen molar-refractivity contribution in [3.63, 3.8) is 0 Å². The molecular formula is C20H17BrF3N3O3. The Balaban J connectivity index is 1.35. The lowest BCUT2D eigenvalue weighted by molar-refractivity contribution is -0.147. The van der Waals surface area contributed by atoms with Gasteiger partial charge in [0, 0.05) is 29.3 Å². The molecule has 0 radical (unpaired) electrons. The highest BCUT2D eigenvalue weighted by Gasteiger charge is 2.42. The van der Waals surface area contributed by atoms with Crippen LogP contribution in [-0.4, -0.2) is 47.4 Å². The first-order valence-electron chi connectivity index (χ1n) is 9.26. The minimum absolute atomic E-state index is 0.103. The molecule has 2 amide bonds. The fourth-order valence-corrected chi connectivity index (χ4v) is 3.96. The van der Waals surface area contributed by atoms with Gasteiger partial charge in [-0.15, -0.1) is 0 Å². The van der Waals surface area contributed by atoms with Crippen LogP contribution in [0.2, 0.25) is 0 Å². The number of anilines is 1. The molecule has 1 aromatic carbocycles. The number of hydrogen-bond acceptors (Lipinski definition) is 4. The maximum Gasteiger partial charge on any atom is 0.421 e. The molecule has 2 aromatic rings. The van der Waals surface area contributed by atoms with E-state index in [1.807, 2.05) is 18.2 Å². The van der Waals surface area contributed by atoms with E-state index in [1.165, 1.54) is 17.2 Å². The zero-order valence-electron chi connectivity index (χ0n) is 15.6. The summed E-state index contributed by atoms with van der Waals surface area (Å²) < 4.78 is 45.3. The van der Waals surface area contributed by atoms with Crippen LogP contribution in [0.5, 0.6) is 5.88 Å². The molecule has 1 unspecified atom stereocenters. The Morgan fingerprint density at radius 1 is 1.17 bits per heavy atom. The average molecular weight is 484 g/mol. The van der Waals surface area contributed by atoms with Gasteiger partial charge in [-0.2, -0.15) is 13.2 Å². The summed E-state index contributed by atoms with van der Waals surface area (Å²) in [4.78, 5) is 31.8. The number of alkyl halides is 3. The Hall–Kier alpha value is -2.62. The van der Waals surface area contributed by atoms with Crippen molar-refractivity contribution >= 4 is 33.4 Å². The van der Waals surface area contributed by atoms with Gasteiger partial charge in [-0.05, 0) is 30.3 Å². The molecule has 2 aliphatic rings. The van der Waals surface area contributed by atoms with E-state index >= 15 is 0 Å². The molecular weight excluding hydrogens is 467 g/mol. The molecule has 6 nitrogen and oxygen atoms in total. The van der Waals surface area contributed by atoms with Gasteiger partial charge in [0.05, 0.1) is 19.0 Å². The predicted molar refractivity (Wildman–Crippen MR) is 105 cm³/mol. The molecule has 4 rings (SSSR count). The minimum Gasteiger partial charge on any atom is -0.470 e. The van der Waals surface area contributed by atoms with Gasteiger partial charge in [-0.25, -0.2) is 4.98 Å². The van der Waals surface area contributed by atoms with Gasteiger partial charge < -0.3 is 14.5 Å². The van der Waals surface area contributed by atoms with E-state index in [9.17, 15) is 22.8 Å². The van der Waals surface area contributed by atoms with Crippen LogP contribution >= 0.6 is 15.9 Å². The number of likely N-dealkylation sites (tertiary alicyclic amines) is 1. The Morgan fingerprint density at radius 3 is 2.63 bits per heavy atom. The van der Waals surface area contributed by atoms with E-state index in [0.29, 0.717) is 5.69 Å². The van der Waals surface area contributed by atoms with Crippen molar-refractivity contribution in [2.45, 2.75) is 18.7 Å². The third kappa shape index (κ3) is 4.14. The Bertz CT molecular complexity index is 979. The number of ether oxygens (including phenoxy) is 1. The first kappa shape index (κ1) is 20.6. The highest BCUT2D eigenvalue weighted by atomic mass is 79.9. The van der Waals surface area contributed by atoms with Gasteiger partial charge in [0.2, 0.25) is 17.7 Å². The number of carbonyl (C=O) groups is 2. The van der Waals surface area contributed by atoms with Crippen LogP contribution in [0.1, 0.15) is 12.0 Å². The monoisotopic (exact) mass is 483 g/mol. The number of rotatable bonds is 4. The van der Waals surface area contributed by atoms with Crippen LogP contribution < -0.4 is 9.64 Å². The molecule has 30 heavy (non-hydrogen) atoms. The highest BCUT2D eigenvalue weighted by molar-refractivity contribution is 9.10. The minimum atomic E-state index is -4.57. The molecule has 0 bridgehead atoms. The Morgan fingerprint density at radius 2 is 1.93 bits per heavy atom. The van der Waals surface area contributed by atoms with E-state index in [-0.39, 0.29) is 37.9 Å². The molecule has 3 heterocycles. The zero-order valence-corrected chi connectivity index (χ0v) is 17.2. The van der Waals surface area contributed by atoms with Gasteiger partial charge >= 0.3 is 6.18 Å². The van der Waals surface area contributed by atoms with Crippen LogP contribution in [0.15, 0.2) is 47.1 Å². The summed E-state index contributed by atoms with van der Waals surface area (Å²) in [6, 6.07) is 9.37. The number of aromatic nitrogens is 1. The van der Waals surface area contributed by atoms with Crippen LogP contribution in [0, 0.1) is 5.92 Å². The number of pyridine rings is 1. The lowest BCUT2D eigenvalue weighted by atomic mass is 10.0. The molecule has 1 aromatic heterocycles. The van der Waals surface area contributed by atoms with Gasteiger partial charge in [-0.1, -0.05) is 22.0 Å². The molecule has 2 fully saturated rings. The molecule has 10 heteroatoms. The standard InChI is InChI=1S/C20H17BrF3N3O3/c21-13-3-1-4-14(8-13)27-9-12(7-17(27)28)19(29)26-10-15(11-26)30-18-16(20(22,23)24)5-2-6-25-18/h1-6,8,12,15H,7,9-11H2. The van der Waals surface area contributed by atoms with Crippen LogP contribution in [0.3, 0.4) is 0 Å². The van der Waals surface area contributed by atoms with Crippen molar-refractivity contribution in [3.05, 3.63) is 52.6 Å². The van der Waals surface area contributed by atoms with Crippen molar-refractivity contribution in [1.29, 1.82) is 0 Å². The van der Waals surface area contributed by atoms with E-state index in [4.69, 9.17) is 4.74 Å². The summed E-state index contributed by atoms with van der Waals surface area (Å²) in [7, 11) is 0. The van der Waals surface area contributed by atoms with Crippen molar-refractivity contribution in [1.82, 2.24) is 9.88 Å². The second-order valence-electron chi connectivity index (χ2n) is 7.22. The molecule has 1 atom stereocenters. The lowest BCUT2D eigenvalue weighted by Gasteiger charge is -2.40. The quantitative estimate of drug-likeness (QED) is 0.667. The van der Waals surface area contributed by atoms with Gasteiger partial charge in [0.1, 0.15) is 11.7 Å². The van der Waals surface area contributed by atoms with Crippen LogP contribution in [0.4, 0.5) is 18.9 Å². The smallest absolute Gasteiger partial charge is 0.421 e. The third-order valence-corrected chi connectivity index (χ3v) is 5.60. The molecule has 0 N–H and O–H groups in total. The number of hydrogen-bond donors (Lipinski definition) is 0. The van der Waals surface area contributed by atoms with Gasteiger partial charge in [-0.3, -0.25) is 9.59 Å². The summed E-state index contributed by atoms with van der Waals surface area (Å²) in [5, 5.41) is 0. The number of halogens is 4. The molecule has 0 spiro atoms. The first-order valence-corrected chi connectivity index (χ1v) is 10.1. The van der Waals surface area contributed by atoms with Crippen molar-refractivity contribution in [2.24, 2.45) is 5.92 Å². The summed E-state index contributed by atoms with van der Waals surface area (Å²) >= 11 is 3.37. The average Bonchev–Trinajstić information content (AvgIpc) is 3.05. The molecule has 2 saturated heterocycles. The number of nitrogens with zero attached hydrogens (tertiary/aromatic N) is 3. The van der Waals surface area contributed by atoms with Crippen LogP contribution in [-0.2, 0) is 15.8 Å². The zero-order chi connectivity index (χ0) is 21.5. The second kappa shape index (κ2) is 7.90. The van der Waals surface area contributed by atoms with Crippen molar-refractivity contribution in [2.75, 3.05) is 24.5 Å². The van der Waals surface area contributed by atoms with E-state index < -0.39 is 29.6 Å². The largest absolute Gasteiger partial charge is 0.470 e. The maximum atomic E-state index is 13.0. The van der Waals surface area contributed by atoms with Crippen molar-refractivity contribution < 1.29 is 27.5 Å². The molecule has 158 valence electrons. The van der Waals surface area contributed by atoms with E-state index in [2.05, 4.69) is 20.9 Å². The number of benzene rings is 1. The SMILES string of the molecule is O=C(C1CC(=O)N(c2cccc(Br)c2)C1)N1CC(Oc2ncccc2C(F)(F)F)C1.